The number of carbonyl (C=O) groups is 2. The lowest BCUT2D eigenvalue weighted by atomic mass is 9.90. The Kier molecular flexibility index (Phi) is 8.53. The highest BCUT2D eigenvalue weighted by Crippen LogP contribution is 2.24. The van der Waals surface area contributed by atoms with Crippen LogP contribution in [-0.2, 0) is 9.53 Å². The third-order valence-electron chi connectivity index (χ3n) is 4.40. The van der Waals surface area contributed by atoms with Crippen LogP contribution in [0.3, 0.4) is 0 Å². The molecule has 1 atom stereocenters. The summed E-state index contributed by atoms with van der Waals surface area (Å²) in [6.45, 7) is 6.60. The molecule has 0 spiro atoms. The first-order valence-corrected chi connectivity index (χ1v) is 9.82. The second kappa shape index (κ2) is 11.1. The van der Waals surface area contributed by atoms with Gasteiger partial charge in [-0.2, -0.15) is 0 Å². The molecular formula is C23H30N2O3. The first kappa shape index (κ1) is 21.5. The van der Waals surface area contributed by atoms with Crippen molar-refractivity contribution in [3.63, 3.8) is 0 Å². The van der Waals surface area contributed by atoms with Crippen molar-refractivity contribution in [1.82, 2.24) is 10.6 Å². The van der Waals surface area contributed by atoms with E-state index in [1.165, 1.54) is 0 Å². The van der Waals surface area contributed by atoms with Crippen molar-refractivity contribution in [2.45, 2.75) is 39.2 Å². The van der Waals surface area contributed by atoms with Gasteiger partial charge in [0.25, 0.3) is 0 Å². The average Bonchev–Trinajstić information content (AvgIpc) is 2.68. The van der Waals surface area contributed by atoms with Gasteiger partial charge in [-0.25, -0.2) is 4.79 Å². The number of alkyl carbamates (subject to hydrolysis) is 1. The van der Waals surface area contributed by atoms with E-state index in [2.05, 4.69) is 24.5 Å². The fourth-order valence-corrected chi connectivity index (χ4v) is 3.21. The summed E-state index contributed by atoms with van der Waals surface area (Å²) in [5, 5.41) is 5.87. The molecule has 2 amide bonds. The van der Waals surface area contributed by atoms with Gasteiger partial charge in [0.15, 0.2) is 0 Å². The Labute approximate surface area is 167 Å². The highest BCUT2D eigenvalue weighted by molar-refractivity contribution is 5.87. The molecule has 1 unspecified atom stereocenters. The zero-order valence-corrected chi connectivity index (χ0v) is 16.9. The third kappa shape index (κ3) is 6.72. The second-order valence-corrected chi connectivity index (χ2v) is 7.19. The van der Waals surface area contributed by atoms with Crippen LogP contribution in [0.15, 0.2) is 60.7 Å². The van der Waals surface area contributed by atoms with Crippen LogP contribution in [0.5, 0.6) is 0 Å². The number of hydrogen-bond acceptors (Lipinski definition) is 3. The molecule has 2 rings (SSSR count). The average molecular weight is 383 g/mol. The molecule has 0 aromatic heterocycles. The minimum atomic E-state index is -0.454. The molecule has 28 heavy (non-hydrogen) atoms. The predicted molar refractivity (Wildman–Crippen MR) is 111 cm³/mol. The molecule has 0 heterocycles. The Morgan fingerprint density at radius 3 is 1.93 bits per heavy atom. The summed E-state index contributed by atoms with van der Waals surface area (Å²) in [4.78, 5) is 24.9. The maximum atomic E-state index is 13.1. The Morgan fingerprint density at radius 1 is 0.929 bits per heavy atom. The topological polar surface area (TPSA) is 67.4 Å². The Hall–Kier alpha value is -2.82. The summed E-state index contributed by atoms with van der Waals surface area (Å²) in [5.41, 5.74) is 1.87. The summed E-state index contributed by atoms with van der Waals surface area (Å²) < 4.78 is 4.98. The van der Waals surface area contributed by atoms with Crippen LogP contribution in [0.25, 0.3) is 0 Å². The number of ether oxygens (including phenoxy) is 1. The van der Waals surface area contributed by atoms with Crippen molar-refractivity contribution in [2.24, 2.45) is 5.92 Å². The first-order valence-electron chi connectivity index (χ1n) is 9.82. The summed E-state index contributed by atoms with van der Waals surface area (Å²) in [5.74, 6) is -0.107. The van der Waals surface area contributed by atoms with Gasteiger partial charge in [0, 0.05) is 12.6 Å². The molecule has 2 aromatic carbocycles. The van der Waals surface area contributed by atoms with Crippen LogP contribution in [0.1, 0.15) is 44.2 Å². The lowest BCUT2D eigenvalue weighted by Gasteiger charge is -2.23. The molecule has 5 heteroatoms. The molecule has 0 aliphatic heterocycles. The lowest BCUT2D eigenvalue weighted by Crippen LogP contribution is -2.45. The zero-order chi connectivity index (χ0) is 20.4. The molecule has 150 valence electrons. The van der Waals surface area contributed by atoms with E-state index in [1.54, 1.807) is 6.92 Å². The van der Waals surface area contributed by atoms with Crippen LogP contribution < -0.4 is 10.6 Å². The molecule has 0 radical (unpaired) electrons. The summed E-state index contributed by atoms with van der Waals surface area (Å²) >= 11 is 0. The molecule has 0 aliphatic rings. The maximum absolute atomic E-state index is 13.1. The van der Waals surface area contributed by atoms with E-state index in [0.717, 1.165) is 17.5 Å². The van der Waals surface area contributed by atoms with E-state index in [-0.39, 0.29) is 11.9 Å². The van der Waals surface area contributed by atoms with Gasteiger partial charge in [0.05, 0.1) is 12.5 Å². The van der Waals surface area contributed by atoms with Gasteiger partial charge >= 0.3 is 6.09 Å². The monoisotopic (exact) mass is 382 g/mol. The van der Waals surface area contributed by atoms with Crippen molar-refractivity contribution in [2.75, 3.05) is 13.2 Å². The minimum Gasteiger partial charge on any atom is -0.450 e. The van der Waals surface area contributed by atoms with Crippen LogP contribution in [-0.4, -0.2) is 31.2 Å². The standard InChI is InChI=1S/C23H30N2O3/c1-4-28-23(27)25-20(15-17(2)3)16-24-22(26)21(18-11-7-5-8-12-18)19-13-9-6-10-14-19/h5-14,17,20-21H,4,15-16H2,1-3H3,(H,24,26)(H,25,27). The Balaban J connectivity index is 2.12. The molecule has 0 saturated carbocycles. The van der Waals surface area contributed by atoms with Crippen LogP contribution >= 0.6 is 0 Å². The molecule has 5 nitrogen and oxygen atoms in total. The smallest absolute Gasteiger partial charge is 0.407 e. The van der Waals surface area contributed by atoms with Crippen molar-refractivity contribution in [1.29, 1.82) is 0 Å². The van der Waals surface area contributed by atoms with E-state index in [4.69, 9.17) is 4.74 Å². The SMILES string of the molecule is CCOC(=O)NC(CNC(=O)C(c1ccccc1)c1ccccc1)CC(C)C. The molecule has 0 saturated heterocycles. The van der Waals surface area contributed by atoms with E-state index < -0.39 is 12.0 Å². The Morgan fingerprint density at radius 2 is 1.46 bits per heavy atom. The molecular weight excluding hydrogens is 352 g/mol. The quantitative estimate of drug-likeness (QED) is 0.686. The summed E-state index contributed by atoms with van der Waals surface area (Å²) in [7, 11) is 0. The molecule has 2 aromatic rings. The minimum absolute atomic E-state index is 0.0863. The predicted octanol–water partition coefficient (Wildman–Crippen LogP) is 4.10. The number of carbonyl (C=O) groups excluding carboxylic acids is 2. The molecule has 2 N–H and O–H groups in total. The number of benzene rings is 2. The van der Waals surface area contributed by atoms with E-state index in [1.807, 2.05) is 60.7 Å². The van der Waals surface area contributed by atoms with Gasteiger partial charge in [0.1, 0.15) is 0 Å². The number of rotatable bonds is 9. The second-order valence-electron chi connectivity index (χ2n) is 7.19. The lowest BCUT2D eigenvalue weighted by molar-refractivity contribution is -0.121. The third-order valence-corrected chi connectivity index (χ3v) is 4.40. The fourth-order valence-electron chi connectivity index (χ4n) is 3.21. The largest absolute Gasteiger partial charge is 0.450 e. The van der Waals surface area contributed by atoms with Gasteiger partial charge in [0.2, 0.25) is 5.91 Å². The van der Waals surface area contributed by atoms with Gasteiger partial charge in [-0.15, -0.1) is 0 Å². The highest BCUT2D eigenvalue weighted by atomic mass is 16.5. The van der Waals surface area contributed by atoms with Crippen LogP contribution in [0.2, 0.25) is 0 Å². The number of nitrogens with one attached hydrogen (secondary N) is 2. The van der Waals surface area contributed by atoms with Crippen LogP contribution in [0.4, 0.5) is 4.79 Å². The van der Waals surface area contributed by atoms with Crippen molar-refractivity contribution >= 4 is 12.0 Å². The van der Waals surface area contributed by atoms with E-state index in [0.29, 0.717) is 19.1 Å². The zero-order valence-electron chi connectivity index (χ0n) is 16.9. The number of amides is 2. The Bertz CT molecular complexity index is 693. The van der Waals surface area contributed by atoms with Gasteiger partial charge in [-0.1, -0.05) is 74.5 Å². The summed E-state index contributed by atoms with van der Waals surface area (Å²) in [6.07, 6.45) is 0.297. The van der Waals surface area contributed by atoms with Crippen molar-refractivity contribution in [3.8, 4) is 0 Å². The van der Waals surface area contributed by atoms with Crippen molar-refractivity contribution in [3.05, 3.63) is 71.8 Å². The first-order chi connectivity index (χ1) is 13.5. The normalized spacial score (nSPS) is 11.9. The van der Waals surface area contributed by atoms with Crippen LogP contribution in [0, 0.1) is 5.92 Å². The molecule has 0 aliphatic carbocycles. The number of hydrogen-bond donors (Lipinski definition) is 2. The van der Waals surface area contributed by atoms with Gasteiger partial charge in [-0.05, 0) is 30.4 Å². The highest BCUT2D eigenvalue weighted by Gasteiger charge is 2.24. The van der Waals surface area contributed by atoms with Gasteiger partial charge in [-0.3, -0.25) is 4.79 Å². The fraction of sp³-hybridized carbons (Fsp3) is 0.391. The van der Waals surface area contributed by atoms with E-state index in [9.17, 15) is 9.59 Å². The summed E-state index contributed by atoms with van der Waals surface area (Å²) in [6, 6.07) is 19.3. The van der Waals surface area contributed by atoms with Crippen molar-refractivity contribution < 1.29 is 14.3 Å². The molecule has 0 fully saturated rings. The maximum Gasteiger partial charge on any atom is 0.407 e. The van der Waals surface area contributed by atoms with Gasteiger partial charge < -0.3 is 15.4 Å². The van der Waals surface area contributed by atoms with E-state index >= 15 is 0 Å². The molecule has 0 bridgehead atoms.